The maximum atomic E-state index is 12.6. The molecule has 7 nitrogen and oxygen atoms in total. The first-order valence-corrected chi connectivity index (χ1v) is 11.7. The molecule has 0 unspecified atom stereocenters. The molecular weight excluding hydrogens is 436 g/mol. The van der Waals surface area contributed by atoms with E-state index in [-0.39, 0.29) is 22.9 Å². The van der Waals surface area contributed by atoms with E-state index >= 15 is 0 Å². The predicted octanol–water partition coefficient (Wildman–Crippen LogP) is 3.69. The van der Waals surface area contributed by atoms with E-state index < -0.39 is 9.84 Å². The van der Waals surface area contributed by atoms with Crippen LogP contribution in [0.4, 0.5) is 0 Å². The zero-order valence-electron chi connectivity index (χ0n) is 16.8. The van der Waals surface area contributed by atoms with E-state index in [2.05, 4.69) is 15.3 Å². The van der Waals surface area contributed by atoms with Crippen LogP contribution in [0.1, 0.15) is 21.6 Å². The third kappa shape index (κ3) is 4.45. The monoisotopic (exact) mass is 454 g/mol. The minimum absolute atomic E-state index is 0.148. The van der Waals surface area contributed by atoms with Gasteiger partial charge in [-0.05, 0) is 60.0 Å². The highest BCUT2D eigenvalue weighted by molar-refractivity contribution is 7.90. The number of pyridine rings is 2. The maximum absolute atomic E-state index is 12.6. The third-order valence-corrected chi connectivity index (χ3v) is 6.42. The second kappa shape index (κ2) is 8.13. The topological polar surface area (TPSA) is 93.4 Å². The zero-order chi connectivity index (χ0) is 22.2. The van der Waals surface area contributed by atoms with E-state index in [0.717, 1.165) is 23.0 Å². The van der Waals surface area contributed by atoms with Gasteiger partial charge < -0.3 is 5.32 Å². The Morgan fingerprint density at radius 1 is 1.10 bits per heavy atom. The summed E-state index contributed by atoms with van der Waals surface area (Å²) >= 11 is 6.08. The average Bonchev–Trinajstić information content (AvgIpc) is 3.12. The molecule has 1 aromatic carbocycles. The summed E-state index contributed by atoms with van der Waals surface area (Å²) in [5, 5.41) is 3.33. The Labute approximate surface area is 184 Å². The van der Waals surface area contributed by atoms with Crippen molar-refractivity contribution in [3.05, 3.63) is 83.0 Å². The van der Waals surface area contributed by atoms with Crippen molar-refractivity contribution in [2.75, 3.05) is 6.26 Å². The van der Waals surface area contributed by atoms with E-state index in [1.165, 1.54) is 6.07 Å². The molecular formula is C22H19ClN4O3S. The summed E-state index contributed by atoms with van der Waals surface area (Å²) in [6.07, 6.45) is 6.24. The fraction of sp³-hybridized carbons (Fsp3) is 0.136. The Morgan fingerprint density at radius 2 is 1.87 bits per heavy atom. The van der Waals surface area contributed by atoms with Gasteiger partial charge in [-0.1, -0.05) is 17.7 Å². The molecule has 0 aliphatic rings. The second-order valence-corrected chi connectivity index (χ2v) is 9.57. The standard InChI is InChI=1S/C22H19ClN4O3S/c1-14-3-4-17(10-19(14)31(2,29)30)22(28)26-12-18-9-15(5-7-24-18)16-6-8-27-20(23)13-25-21(27)11-16/h3-11,13H,12H2,1-2H3,(H,26,28). The van der Waals surface area contributed by atoms with Crippen molar-refractivity contribution in [3.63, 3.8) is 0 Å². The van der Waals surface area contributed by atoms with Crippen LogP contribution in [-0.4, -0.2) is 34.9 Å². The Kier molecular flexibility index (Phi) is 5.51. The van der Waals surface area contributed by atoms with Gasteiger partial charge in [-0.25, -0.2) is 13.4 Å². The fourth-order valence-corrected chi connectivity index (χ4v) is 4.48. The van der Waals surface area contributed by atoms with Crippen LogP contribution >= 0.6 is 11.6 Å². The quantitative estimate of drug-likeness (QED) is 0.496. The number of nitrogens with one attached hydrogen (secondary N) is 1. The number of halogens is 1. The normalized spacial score (nSPS) is 11.6. The molecule has 1 N–H and O–H groups in total. The lowest BCUT2D eigenvalue weighted by atomic mass is 10.1. The number of hydrogen-bond donors (Lipinski definition) is 1. The molecule has 4 rings (SSSR count). The number of aryl methyl sites for hydroxylation is 1. The fourth-order valence-electron chi connectivity index (χ4n) is 3.30. The van der Waals surface area contributed by atoms with Crippen LogP contribution < -0.4 is 5.32 Å². The minimum Gasteiger partial charge on any atom is -0.346 e. The summed E-state index contributed by atoms with van der Waals surface area (Å²) < 4.78 is 25.6. The lowest BCUT2D eigenvalue weighted by Crippen LogP contribution is -2.23. The van der Waals surface area contributed by atoms with Crippen molar-refractivity contribution >= 4 is 33.0 Å². The Morgan fingerprint density at radius 3 is 2.65 bits per heavy atom. The molecule has 3 aromatic heterocycles. The van der Waals surface area contributed by atoms with E-state index in [1.807, 2.05) is 30.5 Å². The van der Waals surface area contributed by atoms with Crippen molar-refractivity contribution in [2.45, 2.75) is 18.4 Å². The predicted molar refractivity (Wildman–Crippen MR) is 119 cm³/mol. The second-order valence-electron chi connectivity index (χ2n) is 7.20. The molecule has 1 amide bonds. The van der Waals surface area contributed by atoms with E-state index in [1.54, 1.807) is 35.9 Å². The summed E-state index contributed by atoms with van der Waals surface area (Å²) in [5.41, 5.74) is 4.15. The molecule has 0 saturated heterocycles. The van der Waals surface area contributed by atoms with E-state index in [0.29, 0.717) is 16.4 Å². The van der Waals surface area contributed by atoms with Crippen LogP contribution in [0.3, 0.4) is 0 Å². The van der Waals surface area contributed by atoms with Gasteiger partial charge in [0.25, 0.3) is 5.91 Å². The summed E-state index contributed by atoms with van der Waals surface area (Å²) in [6.45, 7) is 1.90. The average molecular weight is 455 g/mol. The van der Waals surface area contributed by atoms with Crippen LogP contribution in [-0.2, 0) is 16.4 Å². The largest absolute Gasteiger partial charge is 0.346 e. The first-order valence-electron chi connectivity index (χ1n) is 9.39. The van der Waals surface area contributed by atoms with Crippen LogP contribution in [0.25, 0.3) is 16.8 Å². The van der Waals surface area contributed by atoms with Crippen molar-refractivity contribution in [1.82, 2.24) is 19.7 Å². The number of hydrogen-bond acceptors (Lipinski definition) is 5. The lowest BCUT2D eigenvalue weighted by Gasteiger charge is -2.09. The third-order valence-electron chi connectivity index (χ3n) is 4.90. The number of nitrogens with zero attached hydrogens (tertiary/aromatic N) is 3. The summed E-state index contributed by atoms with van der Waals surface area (Å²) in [6, 6.07) is 12.2. The number of benzene rings is 1. The Balaban J connectivity index is 1.52. The number of rotatable bonds is 5. The SMILES string of the molecule is Cc1ccc(C(=O)NCc2cc(-c3ccn4c(Cl)cnc4c3)ccn2)cc1S(C)(=O)=O. The molecule has 0 radical (unpaired) electrons. The van der Waals surface area contributed by atoms with Gasteiger partial charge in [0.1, 0.15) is 10.8 Å². The molecule has 0 aliphatic carbocycles. The number of amides is 1. The first-order chi connectivity index (χ1) is 14.7. The molecule has 0 bridgehead atoms. The molecule has 0 atom stereocenters. The van der Waals surface area contributed by atoms with Gasteiger partial charge in [0, 0.05) is 24.2 Å². The zero-order valence-corrected chi connectivity index (χ0v) is 18.4. The number of imidazole rings is 1. The van der Waals surface area contributed by atoms with Gasteiger partial charge in [-0.15, -0.1) is 0 Å². The van der Waals surface area contributed by atoms with Gasteiger partial charge in [0.15, 0.2) is 9.84 Å². The molecule has 0 fully saturated rings. The van der Waals surface area contributed by atoms with Gasteiger partial charge in [-0.3, -0.25) is 14.2 Å². The molecule has 3 heterocycles. The Bertz CT molecular complexity index is 1410. The summed E-state index contributed by atoms with van der Waals surface area (Å²) in [7, 11) is -3.41. The lowest BCUT2D eigenvalue weighted by molar-refractivity contribution is 0.0950. The number of fused-ring (bicyclic) bond motifs is 1. The summed E-state index contributed by atoms with van der Waals surface area (Å²) in [4.78, 5) is 21.3. The van der Waals surface area contributed by atoms with Crippen LogP contribution in [0.15, 0.2) is 66.0 Å². The number of aromatic nitrogens is 3. The van der Waals surface area contributed by atoms with E-state index in [9.17, 15) is 13.2 Å². The molecule has 0 spiro atoms. The number of carbonyl (C=O) groups excluding carboxylic acids is 1. The first kappa shape index (κ1) is 21.0. The molecule has 9 heteroatoms. The van der Waals surface area contributed by atoms with E-state index in [4.69, 9.17) is 11.6 Å². The smallest absolute Gasteiger partial charge is 0.251 e. The van der Waals surface area contributed by atoms with Crippen LogP contribution in [0.5, 0.6) is 0 Å². The molecule has 158 valence electrons. The number of sulfone groups is 1. The molecule has 31 heavy (non-hydrogen) atoms. The van der Waals surface area contributed by atoms with Crippen LogP contribution in [0.2, 0.25) is 5.15 Å². The van der Waals surface area contributed by atoms with Gasteiger partial charge >= 0.3 is 0 Å². The highest BCUT2D eigenvalue weighted by Crippen LogP contribution is 2.23. The highest BCUT2D eigenvalue weighted by atomic mass is 35.5. The van der Waals surface area contributed by atoms with Crippen molar-refractivity contribution < 1.29 is 13.2 Å². The number of carbonyl (C=O) groups is 1. The molecule has 0 aliphatic heterocycles. The maximum Gasteiger partial charge on any atom is 0.251 e. The van der Waals surface area contributed by atoms with Crippen molar-refractivity contribution in [2.24, 2.45) is 0 Å². The van der Waals surface area contributed by atoms with Crippen molar-refractivity contribution in [3.8, 4) is 11.1 Å². The highest BCUT2D eigenvalue weighted by Gasteiger charge is 2.15. The van der Waals surface area contributed by atoms with Crippen molar-refractivity contribution in [1.29, 1.82) is 0 Å². The van der Waals surface area contributed by atoms with Gasteiger partial charge in [-0.2, -0.15) is 0 Å². The molecule has 4 aromatic rings. The molecule has 0 saturated carbocycles. The Hall–Kier alpha value is -3.23. The van der Waals surface area contributed by atoms with Gasteiger partial charge in [0.05, 0.1) is 23.3 Å². The van der Waals surface area contributed by atoms with Gasteiger partial charge in [0.2, 0.25) is 0 Å². The van der Waals surface area contributed by atoms with Crippen LogP contribution in [0, 0.1) is 6.92 Å². The minimum atomic E-state index is -3.41. The summed E-state index contributed by atoms with van der Waals surface area (Å²) in [5.74, 6) is -0.370.